The Bertz CT molecular complexity index is 557. The van der Waals surface area contributed by atoms with E-state index in [0.29, 0.717) is 10.0 Å². The first-order chi connectivity index (χ1) is 10.5. The molecule has 2 rings (SSSR count). The van der Waals surface area contributed by atoms with Crippen LogP contribution in [-0.2, 0) is 0 Å². The predicted octanol–water partition coefficient (Wildman–Crippen LogP) is 2.96. The van der Waals surface area contributed by atoms with E-state index in [4.69, 9.17) is 0 Å². The van der Waals surface area contributed by atoms with E-state index in [0.717, 1.165) is 38.9 Å². The van der Waals surface area contributed by atoms with Crippen LogP contribution in [0, 0.1) is 10.1 Å². The number of carbonyl (C=O) groups excluding carboxylic acids is 1. The number of nitrogens with zero attached hydrogens (tertiary/aromatic N) is 2. The molecule has 1 aromatic carbocycles. The van der Waals surface area contributed by atoms with Gasteiger partial charge in [0.2, 0.25) is 0 Å². The van der Waals surface area contributed by atoms with Crippen LogP contribution < -0.4 is 5.32 Å². The standard InChI is InChI=1S/C15H20BrN3O3/c1-2-7-18-8-5-12(6-9-18)17-15(20)11-3-4-13(16)14(10-11)19(21)22/h3-4,10,12H,2,5-9H2,1H3,(H,17,20). The van der Waals surface area contributed by atoms with Crippen molar-refractivity contribution in [3.05, 3.63) is 38.3 Å². The highest BCUT2D eigenvalue weighted by molar-refractivity contribution is 9.10. The molecule has 0 aromatic heterocycles. The molecule has 1 amide bonds. The van der Waals surface area contributed by atoms with E-state index in [9.17, 15) is 14.9 Å². The number of piperidine rings is 1. The van der Waals surface area contributed by atoms with E-state index in [1.165, 1.54) is 12.1 Å². The number of nitro groups is 1. The maximum Gasteiger partial charge on any atom is 0.284 e. The van der Waals surface area contributed by atoms with Gasteiger partial charge in [0.25, 0.3) is 11.6 Å². The van der Waals surface area contributed by atoms with Gasteiger partial charge in [0, 0.05) is 30.8 Å². The van der Waals surface area contributed by atoms with Crippen molar-refractivity contribution in [2.75, 3.05) is 19.6 Å². The van der Waals surface area contributed by atoms with E-state index in [1.54, 1.807) is 6.07 Å². The Morgan fingerprint density at radius 2 is 2.14 bits per heavy atom. The maximum absolute atomic E-state index is 12.2. The van der Waals surface area contributed by atoms with Crippen LogP contribution in [-0.4, -0.2) is 41.4 Å². The molecule has 0 bridgehead atoms. The molecule has 0 radical (unpaired) electrons. The minimum atomic E-state index is -0.496. The fourth-order valence-electron chi connectivity index (χ4n) is 2.68. The van der Waals surface area contributed by atoms with Crippen molar-refractivity contribution < 1.29 is 9.72 Å². The lowest BCUT2D eigenvalue weighted by molar-refractivity contribution is -0.385. The van der Waals surface area contributed by atoms with Crippen molar-refractivity contribution in [1.82, 2.24) is 10.2 Å². The van der Waals surface area contributed by atoms with Crippen molar-refractivity contribution in [3.63, 3.8) is 0 Å². The summed E-state index contributed by atoms with van der Waals surface area (Å²) < 4.78 is 0.377. The van der Waals surface area contributed by atoms with Crippen molar-refractivity contribution in [2.45, 2.75) is 32.2 Å². The van der Waals surface area contributed by atoms with Crippen LogP contribution in [0.4, 0.5) is 5.69 Å². The molecular weight excluding hydrogens is 350 g/mol. The molecule has 0 spiro atoms. The number of likely N-dealkylation sites (tertiary alicyclic amines) is 1. The van der Waals surface area contributed by atoms with Gasteiger partial charge in [-0.2, -0.15) is 0 Å². The molecule has 0 saturated carbocycles. The summed E-state index contributed by atoms with van der Waals surface area (Å²) in [7, 11) is 0. The first-order valence-corrected chi connectivity index (χ1v) is 8.27. The summed E-state index contributed by atoms with van der Waals surface area (Å²) in [6.07, 6.45) is 2.98. The molecule has 1 aliphatic heterocycles. The lowest BCUT2D eigenvalue weighted by Crippen LogP contribution is -2.44. The first-order valence-electron chi connectivity index (χ1n) is 7.48. The van der Waals surface area contributed by atoms with E-state index >= 15 is 0 Å². The molecule has 120 valence electrons. The Morgan fingerprint density at radius 1 is 1.45 bits per heavy atom. The van der Waals surface area contributed by atoms with Gasteiger partial charge >= 0.3 is 0 Å². The van der Waals surface area contributed by atoms with Crippen molar-refractivity contribution >= 4 is 27.5 Å². The van der Waals surface area contributed by atoms with E-state index < -0.39 is 4.92 Å². The monoisotopic (exact) mass is 369 g/mol. The second-order valence-electron chi connectivity index (χ2n) is 5.51. The number of carbonyl (C=O) groups is 1. The summed E-state index contributed by atoms with van der Waals surface area (Å²) in [4.78, 5) is 25.1. The van der Waals surface area contributed by atoms with Crippen LogP contribution in [0.15, 0.2) is 22.7 Å². The summed E-state index contributed by atoms with van der Waals surface area (Å²) >= 11 is 3.12. The summed E-state index contributed by atoms with van der Waals surface area (Å²) in [6, 6.07) is 4.59. The molecule has 1 aliphatic rings. The third kappa shape index (κ3) is 4.27. The molecule has 1 heterocycles. The number of nitro benzene ring substituents is 1. The van der Waals surface area contributed by atoms with E-state index in [-0.39, 0.29) is 17.6 Å². The van der Waals surface area contributed by atoms with Gasteiger partial charge in [-0.1, -0.05) is 6.92 Å². The molecule has 6 nitrogen and oxygen atoms in total. The fraction of sp³-hybridized carbons (Fsp3) is 0.533. The fourth-order valence-corrected chi connectivity index (χ4v) is 3.07. The van der Waals surface area contributed by atoms with E-state index in [1.807, 2.05) is 0 Å². The summed E-state index contributed by atoms with van der Waals surface area (Å²) in [5, 5.41) is 13.9. The number of rotatable bonds is 5. The molecule has 1 N–H and O–H groups in total. The van der Waals surface area contributed by atoms with Crippen molar-refractivity contribution in [3.8, 4) is 0 Å². The smallest absolute Gasteiger partial charge is 0.284 e. The summed E-state index contributed by atoms with van der Waals surface area (Å²) in [5.41, 5.74) is 0.233. The number of nitrogens with one attached hydrogen (secondary N) is 1. The Labute approximate surface area is 138 Å². The number of amides is 1. The highest BCUT2D eigenvalue weighted by atomic mass is 79.9. The molecule has 1 aromatic rings. The lowest BCUT2D eigenvalue weighted by atomic mass is 10.0. The quantitative estimate of drug-likeness (QED) is 0.639. The van der Waals surface area contributed by atoms with Gasteiger partial charge in [-0.15, -0.1) is 0 Å². The van der Waals surface area contributed by atoms with Crippen LogP contribution in [0.1, 0.15) is 36.5 Å². The summed E-state index contributed by atoms with van der Waals surface area (Å²) in [5.74, 6) is -0.246. The Hall–Kier alpha value is -1.47. The third-order valence-electron chi connectivity index (χ3n) is 3.87. The number of hydrogen-bond acceptors (Lipinski definition) is 4. The topological polar surface area (TPSA) is 75.5 Å². The normalized spacial score (nSPS) is 16.5. The molecule has 7 heteroatoms. The lowest BCUT2D eigenvalue weighted by Gasteiger charge is -2.32. The van der Waals surface area contributed by atoms with Crippen LogP contribution in [0.25, 0.3) is 0 Å². The number of hydrogen-bond donors (Lipinski definition) is 1. The zero-order valence-corrected chi connectivity index (χ0v) is 14.1. The zero-order chi connectivity index (χ0) is 16.1. The molecule has 0 aliphatic carbocycles. The minimum absolute atomic E-state index is 0.0922. The second-order valence-corrected chi connectivity index (χ2v) is 6.37. The molecule has 1 saturated heterocycles. The van der Waals surface area contributed by atoms with Crippen LogP contribution in [0.5, 0.6) is 0 Å². The average molecular weight is 370 g/mol. The first kappa shape index (κ1) is 16.9. The van der Waals surface area contributed by atoms with Crippen LogP contribution >= 0.6 is 15.9 Å². The third-order valence-corrected chi connectivity index (χ3v) is 4.54. The van der Waals surface area contributed by atoms with Crippen LogP contribution in [0.2, 0.25) is 0 Å². The van der Waals surface area contributed by atoms with E-state index in [2.05, 4.69) is 33.1 Å². The second kappa shape index (κ2) is 7.69. The largest absolute Gasteiger partial charge is 0.349 e. The maximum atomic E-state index is 12.2. The number of halogens is 1. The molecule has 22 heavy (non-hydrogen) atoms. The van der Waals surface area contributed by atoms with Gasteiger partial charge in [-0.05, 0) is 53.9 Å². The molecule has 0 unspecified atom stereocenters. The Balaban J connectivity index is 1.96. The highest BCUT2D eigenvalue weighted by Crippen LogP contribution is 2.25. The van der Waals surface area contributed by atoms with Gasteiger partial charge in [0.1, 0.15) is 0 Å². The van der Waals surface area contributed by atoms with Crippen LogP contribution in [0.3, 0.4) is 0 Å². The molecule has 0 atom stereocenters. The number of benzene rings is 1. The van der Waals surface area contributed by atoms with Gasteiger partial charge in [-0.25, -0.2) is 0 Å². The predicted molar refractivity (Wildman–Crippen MR) is 88.0 cm³/mol. The Kier molecular flexibility index (Phi) is 5.90. The highest BCUT2D eigenvalue weighted by Gasteiger charge is 2.22. The van der Waals surface area contributed by atoms with Gasteiger partial charge in [0.15, 0.2) is 0 Å². The molecular formula is C15H20BrN3O3. The molecule has 1 fully saturated rings. The van der Waals surface area contributed by atoms with Gasteiger partial charge in [0.05, 0.1) is 9.40 Å². The minimum Gasteiger partial charge on any atom is -0.349 e. The average Bonchev–Trinajstić information content (AvgIpc) is 2.49. The van der Waals surface area contributed by atoms with Gasteiger partial charge < -0.3 is 10.2 Å². The Morgan fingerprint density at radius 3 is 2.73 bits per heavy atom. The van der Waals surface area contributed by atoms with Crippen molar-refractivity contribution in [2.24, 2.45) is 0 Å². The van der Waals surface area contributed by atoms with Gasteiger partial charge in [-0.3, -0.25) is 14.9 Å². The summed E-state index contributed by atoms with van der Waals surface area (Å²) in [6.45, 7) is 5.23. The SMILES string of the molecule is CCCN1CCC(NC(=O)c2ccc(Br)c([N+](=O)[O-])c2)CC1. The van der Waals surface area contributed by atoms with Crippen molar-refractivity contribution in [1.29, 1.82) is 0 Å². The zero-order valence-electron chi connectivity index (χ0n) is 12.5.